The monoisotopic (exact) mass is 1140 g/mol. The molecule has 0 saturated carbocycles. The molecule has 0 spiro atoms. The van der Waals surface area contributed by atoms with Crippen molar-refractivity contribution in [1.29, 1.82) is 0 Å². The largest absolute Gasteiger partial charge is 0.481 e. The van der Waals surface area contributed by atoms with Crippen LogP contribution in [0.25, 0.3) is 11.1 Å². The average Bonchev–Trinajstić information content (AvgIpc) is 3.95. The standard InChI is InChI=1S/C50H71N13O16S/c1-26(47(76)77)57-41(70)32(13-7-22-55-48(51)52)58-42(71)33(14-8-23-56-49(53)54)59-43(72)34(15-18-38(64)65)61-46(75)37(21-24-80-2)62-44(73)35(16-19-39(66)67)60-45(74)36(17-20-40(68)69)63-50(78)79-25-31-29-11-5-3-9-27(29)28-10-4-6-12-30(28)31/h3-6,9-12,26,31-37H,7-8,13-25H2,1-2H3,(H,57,70)(H,58,71)(H,59,72)(H,60,74)(H,61,75)(H,62,73)(H,63,78)(H,64,65)(H,66,67)(H,68,69)(H,76,77)(H4,51,52,55)(H4,53,54,56)/t26-,32-,33-,34-,35-,36-,37-/m0/s1. The molecule has 29 nitrogen and oxygen atoms in total. The van der Waals surface area contributed by atoms with Crippen LogP contribution in [0.15, 0.2) is 58.5 Å². The van der Waals surface area contributed by atoms with Crippen LogP contribution in [0.2, 0.25) is 0 Å². The Hall–Kier alpha value is -8.70. The van der Waals surface area contributed by atoms with Crippen molar-refractivity contribution in [2.75, 3.05) is 31.7 Å². The van der Waals surface area contributed by atoms with E-state index >= 15 is 0 Å². The second-order valence-corrected chi connectivity index (χ2v) is 19.4. The van der Waals surface area contributed by atoms with Crippen LogP contribution in [0.3, 0.4) is 0 Å². The Kier molecular flexibility index (Phi) is 27.5. The van der Waals surface area contributed by atoms with Gasteiger partial charge in [-0.2, -0.15) is 11.8 Å². The number of carboxylic acids is 4. The van der Waals surface area contributed by atoms with Crippen LogP contribution in [-0.2, 0) is 52.7 Å². The number of ether oxygens (including phenoxy) is 1. The first-order valence-corrected chi connectivity index (χ1v) is 26.7. The van der Waals surface area contributed by atoms with E-state index in [1.54, 1.807) is 6.26 Å². The number of nitrogens with two attached hydrogens (primary N) is 4. The number of alkyl carbamates (subject to hydrolysis) is 1. The highest BCUT2D eigenvalue weighted by molar-refractivity contribution is 7.98. The second kappa shape index (κ2) is 33.6. The van der Waals surface area contributed by atoms with Gasteiger partial charge in [0.15, 0.2) is 11.9 Å². The van der Waals surface area contributed by atoms with Crippen LogP contribution in [0.1, 0.15) is 94.6 Å². The van der Waals surface area contributed by atoms with E-state index in [1.165, 1.54) is 18.7 Å². The van der Waals surface area contributed by atoms with Gasteiger partial charge in [-0.15, -0.1) is 0 Å². The van der Waals surface area contributed by atoms with E-state index in [1.807, 2.05) is 48.5 Å². The minimum atomic E-state index is -1.73. The molecule has 0 heterocycles. The van der Waals surface area contributed by atoms with Gasteiger partial charge >= 0.3 is 30.0 Å². The average molecular weight is 1140 g/mol. The van der Waals surface area contributed by atoms with Gasteiger partial charge in [0, 0.05) is 38.3 Å². The molecule has 1 aliphatic carbocycles. The molecule has 0 fully saturated rings. The molecule has 438 valence electrons. The highest BCUT2D eigenvalue weighted by Gasteiger charge is 2.35. The fourth-order valence-electron chi connectivity index (χ4n) is 8.18. The number of aliphatic imine (C=N–C) groups is 2. The van der Waals surface area contributed by atoms with Crippen LogP contribution in [0, 0.1) is 0 Å². The minimum absolute atomic E-state index is 0.00831. The summed E-state index contributed by atoms with van der Waals surface area (Å²) < 4.78 is 5.56. The molecule has 80 heavy (non-hydrogen) atoms. The molecule has 2 aromatic rings. The maximum Gasteiger partial charge on any atom is 0.407 e. The van der Waals surface area contributed by atoms with Crippen molar-refractivity contribution in [1.82, 2.24) is 37.2 Å². The summed E-state index contributed by atoms with van der Waals surface area (Å²) in [5, 5.41) is 54.9. The van der Waals surface area contributed by atoms with Crippen molar-refractivity contribution in [3.63, 3.8) is 0 Å². The lowest BCUT2D eigenvalue weighted by molar-refractivity contribution is -0.142. The molecule has 2 aromatic carbocycles. The normalized spacial score (nSPS) is 14.0. The van der Waals surface area contributed by atoms with Crippen LogP contribution in [-0.4, -0.2) is 172 Å². The van der Waals surface area contributed by atoms with E-state index in [-0.39, 0.29) is 75.4 Å². The van der Waals surface area contributed by atoms with Gasteiger partial charge in [-0.05, 0) is 92.6 Å². The number of aliphatic carboxylic acids is 4. The van der Waals surface area contributed by atoms with Crippen molar-refractivity contribution in [3.05, 3.63) is 59.7 Å². The molecule has 3 rings (SSSR count). The Morgan fingerprint density at radius 1 is 0.512 bits per heavy atom. The van der Waals surface area contributed by atoms with Gasteiger partial charge < -0.3 is 85.3 Å². The molecule has 7 amide bonds. The fourth-order valence-corrected chi connectivity index (χ4v) is 8.65. The Morgan fingerprint density at radius 2 is 0.850 bits per heavy atom. The number of guanidine groups is 2. The molecule has 19 N–H and O–H groups in total. The first-order valence-electron chi connectivity index (χ1n) is 25.3. The smallest absolute Gasteiger partial charge is 0.407 e. The Balaban J connectivity index is 1.87. The van der Waals surface area contributed by atoms with Crippen LogP contribution in [0.4, 0.5) is 4.79 Å². The summed E-state index contributed by atoms with van der Waals surface area (Å²) in [6.45, 7) is 0.965. The van der Waals surface area contributed by atoms with Crippen molar-refractivity contribution >= 4 is 89.1 Å². The predicted octanol–water partition coefficient (Wildman–Crippen LogP) is -1.64. The van der Waals surface area contributed by atoms with Crippen molar-refractivity contribution in [2.45, 2.75) is 126 Å². The second-order valence-electron chi connectivity index (χ2n) is 18.4. The summed E-state index contributed by atoms with van der Waals surface area (Å²) in [6.07, 6.45) is -3.49. The summed E-state index contributed by atoms with van der Waals surface area (Å²) in [5.41, 5.74) is 25.3. The van der Waals surface area contributed by atoms with Gasteiger partial charge in [0.1, 0.15) is 48.9 Å². The van der Waals surface area contributed by atoms with E-state index in [0.29, 0.717) is 0 Å². The first-order chi connectivity index (χ1) is 37.9. The molecular weight excluding hydrogens is 1070 g/mol. The Morgan fingerprint density at radius 3 is 1.20 bits per heavy atom. The molecule has 0 radical (unpaired) electrons. The molecule has 0 bridgehead atoms. The van der Waals surface area contributed by atoms with E-state index in [2.05, 4.69) is 47.2 Å². The number of fused-ring (bicyclic) bond motifs is 3. The summed E-state index contributed by atoms with van der Waals surface area (Å²) in [6, 6.07) is 4.06. The number of hydrogen-bond acceptors (Lipinski definition) is 15. The van der Waals surface area contributed by atoms with Gasteiger partial charge in [-0.25, -0.2) is 4.79 Å². The van der Waals surface area contributed by atoms with Gasteiger partial charge in [-0.1, -0.05) is 48.5 Å². The van der Waals surface area contributed by atoms with Crippen molar-refractivity contribution in [2.24, 2.45) is 32.9 Å². The Bertz CT molecular complexity index is 2550. The van der Waals surface area contributed by atoms with Crippen molar-refractivity contribution < 1.29 is 77.9 Å². The maximum absolute atomic E-state index is 14.2. The zero-order valence-electron chi connectivity index (χ0n) is 44.1. The summed E-state index contributed by atoms with van der Waals surface area (Å²) in [4.78, 5) is 151. The van der Waals surface area contributed by atoms with E-state index in [9.17, 15) is 73.2 Å². The van der Waals surface area contributed by atoms with Crippen LogP contribution in [0.5, 0.6) is 0 Å². The third kappa shape index (κ3) is 22.7. The number of carbonyl (C=O) groups is 11. The van der Waals surface area contributed by atoms with Gasteiger partial charge in [0.2, 0.25) is 35.4 Å². The van der Waals surface area contributed by atoms with Gasteiger partial charge in [-0.3, -0.25) is 57.9 Å². The topological polar surface area (TPSA) is 491 Å². The number of carboxylic acid groups (broad SMARTS) is 4. The highest BCUT2D eigenvalue weighted by Crippen LogP contribution is 2.44. The van der Waals surface area contributed by atoms with E-state index in [4.69, 9.17) is 27.7 Å². The summed E-state index contributed by atoms with van der Waals surface area (Å²) >= 11 is 1.23. The molecule has 7 atom stereocenters. The molecule has 0 aliphatic heterocycles. The number of thioether (sulfide) groups is 1. The zero-order valence-corrected chi connectivity index (χ0v) is 45.0. The number of benzene rings is 2. The Labute approximate surface area is 464 Å². The molecule has 0 aromatic heterocycles. The number of nitrogens with one attached hydrogen (secondary N) is 7. The van der Waals surface area contributed by atoms with Gasteiger partial charge in [0.25, 0.3) is 0 Å². The number of nitrogens with zero attached hydrogens (tertiary/aromatic N) is 2. The number of amides is 7. The van der Waals surface area contributed by atoms with Crippen molar-refractivity contribution in [3.8, 4) is 11.1 Å². The quantitative estimate of drug-likeness (QED) is 0.0207. The molecule has 0 unspecified atom stereocenters. The van der Waals surface area contributed by atoms with Gasteiger partial charge in [0.05, 0.1) is 0 Å². The number of carbonyl (C=O) groups excluding carboxylic acids is 7. The maximum atomic E-state index is 14.2. The third-order valence-electron chi connectivity index (χ3n) is 12.3. The molecular formula is C50H71N13O16S. The summed E-state index contributed by atoms with van der Waals surface area (Å²) in [7, 11) is 0. The molecule has 1 aliphatic rings. The lowest BCUT2D eigenvalue weighted by Crippen LogP contribution is -2.60. The zero-order chi connectivity index (χ0) is 59.5. The number of rotatable bonds is 36. The van der Waals surface area contributed by atoms with E-state index in [0.717, 1.165) is 22.3 Å². The fraction of sp³-hybridized carbons (Fsp3) is 0.500. The molecule has 0 saturated heterocycles. The SMILES string of the molecule is CSCC[C@H](NC(=O)[C@H](CCC(=O)O)NC(=O)[C@H](CCC(=O)O)NC(=O)OCC1c2ccccc2-c2ccccc21)C(=O)N[C@@H](CCC(=O)O)C(=O)N[C@@H](CCCN=C(N)N)C(=O)N[C@@H](CCCN=C(N)N)C(=O)N[C@@H](C)C(=O)O. The first kappa shape index (κ1) is 65.6. The summed E-state index contributed by atoms with van der Waals surface area (Å²) in [5.74, 6) is -12.5. The van der Waals surface area contributed by atoms with E-state index < -0.39 is 146 Å². The van der Waals surface area contributed by atoms with Crippen LogP contribution < -0.4 is 60.2 Å². The van der Waals surface area contributed by atoms with Crippen LogP contribution >= 0.6 is 11.8 Å². The number of hydrogen-bond donors (Lipinski definition) is 15. The highest BCUT2D eigenvalue weighted by atomic mass is 32.2. The lowest BCUT2D eigenvalue weighted by Gasteiger charge is -2.27. The lowest BCUT2D eigenvalue weighted by atomic mass is 9.98. The minimum Gasteiger partial charge on any atom is -0.481 e. The third-order valence-corrected chi connectivity index (χ3v) is 12.9. The molecule has 30 heteroatoms. The predicted molar refractivity (Wildman–Crippen MR) is 290 cm³/mol.